The highest BCUT2D eigenvalue weighted by Crippen LogP contribution is 2.27. The lowest BCUT2D eigenvalue weighted by atomic mass is 10.1. The molecule has 0 aliphatic heterocycles. The van der Waals surface area contributed by atoms with Crippen LogP contribution in [0.1, 0.15) is 15.9 Å². The van der Waals surface area contributed by atoms with E-state index in [0.29, 0.717) is 5.56 Å². The van der Waals surface area contributed by atoms with Crippen molar-refractivity contribution in [2.24, 2.45) is 0 Å². The molecule has 1 amide bonds. The van der Waals surface area contributed by atoms with Crippen molar-refractivity contribution in [2.45, 2.75) is 0 Å². The van der Waals surface area contributed by atoms with Gasteiger partial charge in [0.2, 0.25) is 0 Å². The molecule has 2 aromatic carbocycles. The summed E-state index contributed by atoms with van der Waals surface area (Å²) in [6, 6.07) is 11.9. The number of hydrogen-bond acceptors (Lipinski definition) is 5. The van der Waals surface area contributed by atoms with E-state index in [9.17, 15) is 20.0 Å². The fourth-order valence-corrected chi connectivity index (χ4v) is 2.03. The maximum Gasteiger partial charge on any atom is 0.335 e. The molecule has 0 aliphatic carbocycles. The standard InChI is InChI=1S/C18H14N2O5/c1-25-16-8-11(5-6-15(16)21)7-13(10-19)17(22)20-14-4-2-3-12(9-14)18(23)24/h2-9,21H,1H3,(H,20,22)(H,23,24)/b13-7-. The number of aromatic carboxylic acids is 1. The zero-order valence-electron chi connectivity index (χ0n) is 13.2. The van der Waals surface area contributed by atoms with Gasteiger partial charge in [0.1, 0.15) is 11.6 Å². The van der Waals surface area contributed by atoms with Gasteiger partial charge in [0.15, 0.2) is 11.5 Å². The number of nitrogens with zero attached hydrogens (tertiary/aromatic N) is 1. The average Bonchev–Trinajstić information content (AvgIpc) is 2.61. The molecule has 0 radical (unpaired) electrons. The first-order chi connectivity index (χ1) is 11.9. The van der Waals surface area contributed by atoms with Crippen molar-refractivity contribution in [3.63, 3.8) is 0 Å². The van der Waals surface area contributed by atoms with E-state index >= 15 is 0 Å². The number of aromatic hydroxyl groups is 1. The lowest BCUT2D eigenvalue weighted by molar-refractivity contribution is -0.112. The van der Waals surface area contributed by atoms with Crippen LogP contribution in [-0.4, -0.2) is 29.2 Å². The predicted octanol–water partition coefficient (Wildman–Crippen LogP) is 2.64. The molecule has 0 saturated carbocycles. The van der Waals surface area contributed by atoms with Gasteiger partial charge in [0, 0.05) is 5.69 Å². The molecule has 0 fully saturated rings. The third kappa shape index (κ3) is 4.36. The van der Waals surface area contributed by atoms with E-state index in [2.05, 4.69) is 5.32 Å². The van der Waals surface area contributed by atoms with Crippen LogP contribution in [-0.2, 0) is 4.79 Å². The Morgan fingerprint density at radius 1 is 1.24 bits per heavy atom. The topological polar surface area (TPSA) is 120 Å². The summed E-state index contributed by atoms with van der Waals surface area (Å²) in [5.74, 6) is -1.66. The second kappa shape index (κ2) is 7.66. The van der Waals surface area contributed by atoms with Crippen LogP contribution in [0.2, 0.25) is 0 Å². The summed E-state index contributed by atoms with van der Waals surface area (Å²) in [4.78, 5) is 23.2. The van der Waals surface area contributed by atoms with Crippen molar-refractivity contribution in [3.8, 4) is 17.6 Å². The van der Waals surface area contributed by atoms with Crippen molar-refractivity contribution in [2.75, 3.05) is 12.4 Å². The number of rotatable bonds is 5. The van der Waals surface area contributed by atoms with E-state index in [-0.39, 0.29) is 28.3 Å². The molecule has 7 heteroatoms. The van der Waals surface area contributed by atoms with Gasteiger partial charge in [-0.15, -0.1) is 0 Å². The molecule has 2 rings (SSSR count). The van der Waals surface area contributed by atoms with E-state index in [0.717, 1.165) is 0 Å². The molecule has 126 valence electrons. The average molecular weight is 338 g/mol. The number of phenolic OH excluding ortho intramolecular Hbond substituents is 1. The van der Waals surface area contributed by atoms with Gasteiger partial charge in [-0.1, -0.05) is 12.1 Å². The van der Waals surface area contributed by atoms with Gasteiger partial charge in [0.05, 0.1) is 12.7 Å². The molecule has 7 nitrogen and oxygen atoms in total. The number of amides is 1. The second-order valence-corrected chi connectivity index (χ2v) is 4.94. The highest BCUT2D eigenvalue weighted by molar-refractivity contribution is 6.10. The summed E-state index contributed by atoms with van der Waals surface area (Å²) in [6.45, 7) is 0. The van der Waals surface area contributed by atoms with Crippen molar-refractivity contribution < 1.29 is 24.5 Å². The fraction of sp³-hybridized carbons (Fsp3) is 0.0556. The lowest BCUT2D eigenvalue weighted by Crippen LogP contribution is -2.13. The fourth-order valence-electron chi connectivity index (χ4n) is 2.03. The number of ether oxygens (including phenoxy) is 1. The maximum atomic E-state index is 12.2. The summed E-state index contributed by atoms with van der Waals surface area (Å²) in [7, 11) is 1.38. The van der Waals surface area contributed by atoms with Crippen LogP contribution in [0.3, 0.4) is 0 Å². The molecule has 0 atom stereocenters. The van der Waals surface area contributed by atoms with Gasteiger partial charge in [-0.05, 0) is 42.0 Å². The molecule has 0 unspecified atom stereocenters. The first kappa shape index (κ1) is 17.6. The van der Waals surface area contributed by atoms with E-state index in [1.807, 2.05) is 0 Å². The quantitative estimate of drug-likeness (QED) is 0.569. The Hall–Kier alpha value is -3.79. The molecule has 0 bridgehead atoms. The van der Waals surface area contributed by atoms with Crippen LogP contribution in [0, 0.1) is 11.3 Å². The summed E-state index contributed by atoms with van der Waals surface area (Å²) in [5.41, 5.74) is 0.576. The highest BCUT2D eigenvalue weighted by atomic mass is 16.5. The number of carbonyl (C=O) groups excluding carboxylic acids is 1. The van der Waals surface area contributed by atoms with Crippen molar-refractivity contribution in [3.05, 3.63) is 59.2 Å². The smallest absolute Gasteiger partial charge is 0.335 e. The Morgan fingerprint density at radius 2 is 2.00 bits per heavy atom. The number of phenols is 1. The minimum Gasteiger partial charge on any atom is -0.504 e. The van der Waals surface area contributed by atoms with Crippen LogP contribution in [0.25, 0.3) is 6.08 Å². The number of carboxylic acid groups (broad SMARTS) is 1. The second-order valence-electron chi connectivity index (χ2n) is 4.94. The third-order valence-electron chi connectivity index (χ3n) is 3.25. The maximum absolute atomic E-state index is 12.2. The molecule has 25 heavy (non-hydrogen) atoms. The molecular formula is C18H14N2O5. The molecule has 0 saturated heterocycles. The van der Waals surface area contributed by atoms with Crippen LogP contribution in [0.5, 0.6) is 11.5 Å². The predicted molar refractivity (Wildman–Crippen MR) is 90.3 cm³/mol. The number of carboxylic acids is 1. The largest absolute Gasteiger partial charge is 0.504 e. The third-order valence-corrected chi connectivity index (χ3v) is 3.25. The molecule has 0 heterocycles. The Balaban J connectivity index is 2.25. The van der Waals surface area contributed by atoms with Gasteiger partial charge >= 0.3 is 5.97 Å². The molecule has 2 aromatic rings. The summed E-state index contributed by atoms with van der Waals surface area (Å²) in [6.07, 6.45) is 1.33. The van der Waals surface area contributed by atoms with Gasteiger partial charge in [-0.2, -0.15) is 5.26 Å². The first-order valence-corrected chi connectivity index (χ1v) is 7.08. The van der Waals surface area contributed by atoms with E-state index < -0.39 is 11.9 Å². The minimum atomic E-state index is -1.12. The van der Waals surface area contributed by atoms with E-state index in [4.69, 9.17) is 9.84 Å². The Bertz CT molecular complexity index is 897. The summed E-state index contributed by atoms with van der Waals surface area (Å²) < 4.78 is 4.97. The minimum absolute atomic E-state index is 0.0172. The van der Waals surface area contributed by atoms with Gasteiger partial charge < -0.3 is 20.3 Å². The first-order valence-electron chi connectivity index (χ1n) is 7.08. The number of nitriles is 1. The van der Waals surface area contributed by atoms with E-state index in [1.54, 1.807) is 6.07 Å². The van der Waals surface area contributed by atoms with Gasteiger partial charge in [-0.3, -0.25) is 4.79 Å². The van der Waals surface area contributed by atoms with Crippen LogP contribution < -0.4 is 10.1 Å². The zero-order valence-corrected chi connectivity index (χ0v) is 13.2. The van der Waals surface area contributed by atoms with Gasteiger partial charge in [-0.25, -0.2) is 4.79 Å². The molecular weight excluding hydrogens is 324 g/mol. The normalized spacial score (nSPS) is 10.6. The highest BCUT2D eigenvalue weighted by Gasteiger charge is 2.12. The number of anilines is 1. The summed E-state index contributed by atoms with van der Waals surface area (Å²) in [5, 5.41) is 30.2. The zero-order chi connectivity index (χ0) is 18.4. The Morgan fingerprint density at radius 3 is 2.64 bits per heavy atom. The monoisotopic (exact) mass is 338 g/mol. The lowest BCUT2D eigenvalue weighted by Gasteiger charge is -2.06. The molecule has 0 spiro atoms. The molecule has 0 aliphatic rings. The molecule has 0 aromatic heterocycles. The van der Waals surface area contributed by atoms with Crippen LogP contribution in [0.4, 0.5) is 5.69 Å². The van der Waals surface area contributed by atoms with Crippen LogP contribution >= 0.6 is 0 Å². The molecule has 3 N–H and O–H groups in total. The number of benzene rings is 2. The Labute approximate surface area is 143 Å². The summed E-state index contributed by atoms with van der Waals surface area (Å²) >= 11 is 0. The number of carbonyl (C=O) groups is 2. The number of methoxy groups -OCH3 is 1. The number of nitrogens with one attached hydrogen (secondary N) is 1. The Kier molecular flexibility index (Phi) is 5.38. The van der Waals surface area contributed by atoms with E-state index in [1.165, 1.54) is 55.7 Å². The van der Waals surface area contributed by atoms with Crippen molar-refractivity contribution in [1.82, 2.24) is 0 Å². The van der Waals surface area contributed by atoms with Crippen LogP contribution in [0.15, 0.2) is 48.0 Å². The number of hydrogen-bond donors (Lipinski definition) is 3. The van der Waals surface area contributed by atoms with Crippen molar-refractivity contribution in [1.29, 1.82) is 5.26 Å². The van der Waals surface area contributed by atoms with Gasteiger partial charge in [0.25, 0.3) is 5.91 Å². The SMILES string of the molecule is COc1cc(/C=C(/C#N)C(=O)Nc2cccc(C(=O)O)c2)ccc1O. The van der Waals surface area contributed by atoms with Crippen molar-refractivity contribution >= 4 is 23.6 Å².